The molecule has 0 aliphatic rings. The predicted octanol–water partition coefficient (Wildman–Crippen LogP) is 3.18. The van der Waals surface area contributed by atoms with Gasteiger partial charge in [-0.15, -0.1) is 0 Å². The highest BCUT2D eigenvalue weighted by molar-refractivity contribution is 6.35. The molecule has 2 aromatic carbocycles. The first-order valence-corrected chi connectivity index (χ1v) is 6.53. The van der Waals surface area contributed by atoms with Crippen molar-refractivity contribution in [1.29, 1.82) is 0 Å². The van der Waals surface area contributed by atoms with Gasteiger partial charge >= 0.3 is 0 Å². The molecule has 0 aromatic heterocycles. The van der Waals surface area contributed by atoms with Gasteiger partial charge in [-0.05, 0) is 35.9 Å². The Morgan fingerprint density at radius 3 is 2.45 bits per heavy atom. The van der Waals surface area contributed by atoms with Gasteiger partial charge in [0.1, 0.15) is 12.4 Å². The molecule has 0 fully saturated rings. The molecule has 104 valence electrons. The Bertz CT molecular complexity index is 615. The third-order valence-electron chi connectivity index (χ3n) is 2.64. The van der Waals surface area contributed by atoms with Crippen LogP contribution in [0.15, 0.2) is 42.5 Å². The molecule has 6 heteroatoms. The molecule has 0 aliphatic heterocycles. The summed E-state index contributed by atoms with van der Waals surface area (Å²) in [7, 11) is 0. The molecule has 4 nitrogen and oxygen atoms in total. The molecule has 2 aromatic rings. The van der Waals surface area contributed by atoms with E-state index in [1.54, 1.807) is 42.5 Å². The summed E-state index contributed by atoms with van der Waals surface area (Å²) in [4.78, 5) is 11.3. The summed E-state index contributed by atoms with van der Waals surface area (Å²) < 4.78 is 5.59. The summed E-state index contributed by atoms with van der Waals surface area (Å²) >= 11 is 11.8. The van der Waals surface area contributed by atoms with Crippen LogP contribution in [-0.2, 0) is 6.61 Å². The van der Waals surface area contributed by atoms with Crippen molar-refractivity contribution < 1.29 is 9.53 Å². The summed E-state index contributed by atoms with van der Waals surface area (Å²) in [6.07, 6.45) is 0. The van der Waals surface area contributed by atoms with Crippen LogP contribution in [0.2, 0.25) is 10.0 Å². The highest BCUT2D eigenvalue weighted by Gasteiger charge is 2.05. The van der Waals surface area contributed by atoms with Crippen LogP contribution < -0.4 is 16.0 Å². The van der Waals surface area contributed by atoms with E-state index in [0.717, 1.165) is 5.56 Å². The minimum Gasteiger partial charge on any atom is -0.487 e. The van der Waals surface area contributed by atoms with E-state index >= 15 is 0 Å². The number of nitrogens with two attached hydrogens (primary N) is 1. The van der Waals surface area contributed by atoms with Crippen molar-refractivity contribution in [2.75, 3.05) is 0 Å². The average Bonchev–Trinajstić information content (AvgIpc) is 2.46. The normalized spacial score (nSPS) is 10.2. The first kappa shape index (κ1) is 14.7. The van der Waals surface area contributed by atoms with Crippen LogP contribution in [0, 0.1) is 0 Å². The van der Waals surface area contributed by atoms with Gasteiger partial charge in [0.2, 0.25) is 0 Å². The molecule has 3 N–H and O–H groups in total. The predicted molar refractivity (Wildman–Crippen MR) is 78.9 cm³/mol. The van der Waals surface area contributed by atoms with E-state index in [4.69, 9.17) is 33.8 Å². The number of ether oxygens (including phenoxy) is 1. The van der Waals surface area contributed by atoms with Crippen molar-refractivity contribution >= 4 is 29.1 Å². The molecule has 0 unspecified atom stereocenters. The van der Waals surface area contributed by atoms with Crippen molar-refractivity contribution in [2.45, 2.75) is 6.61 Å². The third kappa shape index (κ3) is 3.63. The summed E-state index contributed by atoms with van der Waals surface area (Å²) in [5, 5.41) is 1.01. The third-order valence-corrected chi connectivity index (χ3v) is 3.17. The van der Waals surface area contributed by atoms with Crippen LogP contribution in [0.5, 0.6) is 5.75 Å². The number of rotatable bonds is 4. The van der Waals surface area contributed by atoms with Gasteiger partial charge in [-0.3, -0.25) is 10.2 Å². The standard InChI is InChI=1S/C14H12Cl2N2O2/c15-11-5-6-13(12(16)7-11)20-8-9-1-3-10(4-2-9)14(19)18-17/h1-7H,8,17H2,(H,18,19). The van der Waals surface area contributed by atoms with Crippen LogP contribution >= 0.6 is 23.2 Å². The molecule has 0 spiro atoms. The average molecular weight is 311 g/mol. The molecule has 0 atom stereocenters. The van der Waals surface area contributed by atoms with Gasteiger partial charge in [-0.1, -0.05) is 35.3 Å². The zero-order valence-corrected chi connectivity index (χ0v) is 11.9. The number of amides is 1. The van der Waals surface area contributed by atoms with Gasteiger partial charge in [0.15, 0.2) is 0 Å². The maximum atomic E-state index is 11.3. The fraction of sp³-hybridized carbons (Fsp3) is 0.0714. The van der Waals surface area contributed by atoms with Gasteiger partial charge in [0.25, 0.3) is 5.91 Å². The molecule has 0 saturated heterocycles. The molecule has 0 saturated carbocycles. The van der Waals surface area contributed by atoms with Gasteiger partial charge in [0, 0.05) is 10.6 Å². The van der Waals surface area contributed by atoms with E-state index in [2.05, 4.69) is 5.43 Å². The SMILES string of the molecule is NNC(=O)c1ccc(COc2ccc(Cl)cc2Cl)cc1. The lowest BCUT2D eigenvalue weighted by Gasteiger charge is -2.08. The van der Waals surface area contributed by atoms with Crippen LogP contribution in [0.3, 0.4) is 0 Å². The number of hydrogen-bond donors (Lipinski definition) is 2. The number of nitrogens with one attached hydrogen (secondary N) is 1. The number of halogens is 2. The van der Waals surface area contributed by atoms with E-state index in [1.807, 2.05) is 0 Å². The quantitative estimate of drug-likeness (QED) is 0.518. The topological polar surface area (TPSA) is 64.3 Å². The second-order valence-corrected chi connectivity index (χ2v) is 4.88. The molecular weight excluding hydrogens is 299 g/mol. The van der Waals surface area contributed by atoms with Crippen LogP contribution in [0.1, 0.15) is 15.9 Å². The van der Waals surface area contributed by atoms with Crippen molar-refractivity contribution in [1.82, 2.24) is 5.43 Å². The van der Waals surface area contributed by atoms with E-state index in [-0.39, 0.29) is 5.91 Å². The smallest absolute Gasteiger partial charge is 0.265 e. The largest absolute Gasteiger partial charge is 0.487 e. The zero-order chi connectivity index (χ0) is 14.5. The number of carbonyl (C=O) groups excluding carboxylic acids is 1. The van der Waals surface area contributed by atoms with Crippen LogP contribution in [0.25, 0.3) is 0 Å². The highest BCUT2D eigenvalue weighted by Crippen LogP contribution is 2.28. The van der Waals surface area contributed by atoms with Gasteiger partial charge < -0.3 is 4.74 Å². The molecule has 2 rings (SSSR count). The minimum absolute atomic E-state index is 0.335. The Balaban J connectivity index is 2.02. The molecule has 0 aliphatic carbocycles. The molecule has 0 bridgehead atoms. The fourth-order valence-electron chi connectivity index (χ4n) is 1.59. The number of hydrazine groups is 1. The Morgan fingerprint density at radius 1 is 1.15 bits per heavy atom. The summed E-state index contributed by atoms with van der Waals surface area (Å²) in [6.45, 7) is 0.339. The zero-order valence-electron chi connectivity index (χ0n) is 10.4. The number of nitrogen functional groups attached to an aromatic ring is 1. The van der Waals surface area contributed by atoms with Crippen LogP contribution in [-0.4, -0.2) is 5.91 Å². The second kappa shape index (κ2) is 6.61. The van der Waals surface area contributed by atoms with E-state index < -0.39 is 0 Å². The van der Waals surface area contributed by atoms with E-state index in [1.165, 1.54) is 0 Å². The first-order valence-electron chi connectivity index (χ1n) is 5.78. The monoisotopic (exact) mass is 310 g/mol. The molecule has 0 heterocycles. The first-order chi connectivity index (χ1) is 9.60. The Labute approximate surface area is 126 Å². The molecule has 1 amide bonds. The van der Waals surface area contributed by atoms with E-state index in [9.17, 15) is 4.79 Å². The molecule has 0 radical (unpaired) electrons. The number of hydrogen-bond acceptors (Lipinski definition) is 3. The van der Waals surface area contributed by atoms with E-state index in [0.29, 0.717) is 28.0 Å². The Hall–Kier alpha value is -1.75. The van der Waals surface area contributed by atoms with Crippen LogP contribution in [0.4, 0.5) is 0 Å². The molecular formula is C14H12Cl2N2O2. The van der Waals surface area contributed by atoms with Crippen molar-refractivity contribution in [3.8, 4) is 5.75 Å². The lowest BCUT2D eigenvalue weighted by molar-refractivity contribution is 0.0953. The summed E-state index contributed by atoms with van der Waals surface area (Å²) in [5.41, 5.74) is 3.47. The molecule has 20 heavy (non-hydrogen) atoms. The summed E-state index contributed by atoms with van der Waals surface area (Å²) in [6, 6.07) is 11.9. The maximum Gasteiger partial charge on any atom is 0.265 e. The maximum absolute atomic E-state index is 11.3. The fourth-order valence-corrected chi connectivity index (χ4v) is 2.05. The summed E-state index contributed by atoms with van der Waals surface area (Å²) in [5.74, 6) is 5.28. The Morgan fingerprint density at radius 2 is 1.85 bits per heavy atom. The minimum atomic E-state index is -0.335. The van der Waals surface area contributed by atoms with Crippen molar-refractivity contribution in [3.63, 3.8) is 0 Å². The van der Waals surface area contributed by atoms with Gasteiger partial charge in [-0.25, -0.2) is 5.84 Å². The number of benzene rings is 2. The van der Waals surface area contributed by atoms with Crippen molar-refractivity contribution in [3.05, 3.63) is 63.6 Å². The lowest BCUT2D eigenvalue weighted by Crippen LogP contribution is -2.29. The van der Waals surface area contributed by atoms with Crippen molar-refractivity contribution in [2.24, 2.45) is 5.84 Å². The highest BCUT2D eigenvalue weighted by atomic mass is 35.5. The second-order valence-electron chi connectivity index (χ2n) is 4.03. The van der Waals surface area contributed by atoms with Gasteiger partial charge in [0.05, 0.1) is 5.02 Å². The van der Waals surface area contributed by atoms with Gasteiger partial charge in [-0.2, -0.15) is 0 Å². The Kier molecular flexibility index (Phi) is 4.84. The lowest BCUT2D eigenvalue weighted by atomic mass is 10.1. The number of carbonyl (C=O) groups is 1.